The summed E-state index contributed by atoms with van der Waals surface area (Å²) in [6.45, 7) is 2.11. The molecule has 2 aromatic heterocycles. The molecular weight excluding hydrogens is 278 g/mol. The molecule has 0 spiro atoms. The number of rotatable bonds is 7. The quantitative estimate of drug-likeness (QED) is 0.824. The Morgan fingerprint density at radius 2 is 2.47 bits per heavy atom. The summed E-state index contributed by atoms with van der Waals surface area (Å²) in [5, 5.41) is 11.8. The monoisotopic (exact) mass is 295 g/mol. The van der Waals surface area contributed by atoms with Crippen LogP contribution in [-0.2, 0) is 17.0 Å². The first-order valence-corrected chi connectivity index (χ1v) is 8.25. The van der Waals surface area contributed by atoms with Crippen LogP contribution in [0.1, 0.15) is 23.9 Å². The summed E-state index contributed by atoms with van der Waals surface area (Å²) in [6.07, 6.45) is 2.02. The molecule has 1 amide bonds. The van der Waals surface area contributed by atoms with Crippen molar-refractivity contribution in [3.8, 4) is 0 Å². The zero-order valence-corrected chi connectivity index (χ0v) is 12.4. The van der Waals surface area contributed by atoms with Gasteiger partial charge in [-0.05, 0) is 17.9 Å². The van der Waals surface area contributed by atoms with Gasteiger partial charge in [-0.25, -0.2) is 0 Å². The predicted molar refractivity (Wildman–Crippen MR) is 81.7 cm³/mol. The SMILES string of the molecule is CCCc1cc(NC(=O)CSCc2cccs2)n[nH]1. The number of carbonyl (C=O) groups is 1. The van der Waals surface area contributed by atoms with Crippen molar-refractivity contribution in [3.05, 3.63) is 34.2 Å². The number of aromatic amines is 1. The lowest BCUT2D eigenvalue weighted by Gasteiger charge is -2.00. The van der Waals surface area contributed by atoms with Crippen molar-refractivity contribution in [1.29, 1.82) is 0 Å². The van der Waals surface area contributed by atoms with E-state index in [0.717, 1.165) is 24.3 Å². The molecule has 6 heteroatoms. The number of nitrogens with one attached hydrogen (secondary N) is 2. The second-order valence-corrected chi connectivity index (χ2v) is 6.17. The fourth-order valence-corrected chi connectivity index (χ4v) is 3.31. The van der Waals surface area contributed by atoms with Gasteiger partial charge in [-0.1, -0.05) is 19.4 Å². The van der Waals surface area contributed by atoms with E-state index in [1.54, 1.807) is 23.1 Å². The third-order valence-electron chi connectivity index (χ3n) is 2.48. The molecule has 0 aliphatic carbocycles. The van der Waals surface area contributed by atoms with Crippen LogP contribution in [0, 0.1) is 0 Å². The third-order valence-corrected chi connectivity index (χ3v) is 4.52. The molecule has 0 bridgehead atoms. The van der Waals surface area contributed by atoms with Crippen molar-refractivity contribution >= 4 is 34.8 Å². The fourth-order valence-electron chi connectivity index (χ4n) is 1.64. The molecule has 0 aliphatic rings. The molecule has 0 aromatic carbocycles. The average Bonchev–Trinajstić information content (AvgIpc) is 3.02. The number of thiophene rings is 1. The Morgan fingerprint density at radius 1 is 1.58 bits per heavy atom. The number of aromatic nitrogens is 2. The number of hydrogen-bond acceptors (Lipinski definition) is 4. The number of anilines is 1. The maximum atomic E-state index is 11.7. The van der Waals surface area contributed by atoms with Gasteiger partial charge in [0.15, 0.2) is 5.82 Å². The van der Waals surface area contributed by atoms with Crippen LogP contribution in [0.25, 0.3) is 0 Å². The Balaban J connectivity index is 1.71. The van der Waals surface area contributed by atoms with Gasteiger partial charge in [-0.15, -0.1) is 23.1 Å². The molecule has 2 heterocycles. The molecule has 0 saturated heterocycles. The largest absolute Gasteiger partial charge is 0.308 e. The number of amides is 1. The van der Waals surface area contributed by atoms with Crippen molar-refractivity contribution in [3.63, 3.8) is 0 Å². The summed E-state index contributed by atoms with van der Waals surface area (Å²) in [6, 6.07) is 6.01. The molecule has 0 fully saturated rings. The molecule has 0 unspecified atom stereocenters. The Kier molecular flexibility index (Phi) is 5.47. The van der Waals surface area contributed by atoms with Gasteiger partial charge < -0.3 is 5.32 Å². The second kappa shape index (κ2) is 7.35. The highest BCUT2D eigenvalue weighted by Crippen LogP contribution is 2.17. The molecule has 0 saturated carbocycles. The molecule has 0 atom stereocenters. The minimum Gasteiger partial charge on any atom is -0.308 e. The van der Waals surface area contributed by atoms with E-state index in [1.165, 1.54) is 4.88 Å². The van der Waals surface area contributed by atoms with E-state index in [0.29, 0.717) is 11.6 Å². The van der Waals surface area contributed by atoms with E-state index in [-0.39, 0.29) is 5.91 Å². The Morgan fingerprint density at radius 3 is 3.21 bits per heavy atom. The Labute approximate surface area is 121 Å². The highest BCUT2D eigenvalue weighted by Gasteiger charge is 2.06. The van der Waals surface area contributed by atoms with E-state index in [4.69, 9.17) is 0 Å². The average molecular weight is 295 g/mol. The predicted octanol–water partition coefficient (Wildman–Crippen LogP) is 3.30. The molecule has 0 aliphatic heterocycles. The smallest absolute Gasteiger partial charge is 0.235 e. The molecule has 2 aromatic rings. The molecule has 2 rings (SSSR count). The van der Waals surface area contributed by atoms with Crippen LogP contribution >= 0.6 is 23.1 Å². The van der Waals surface area contributed by atoms with Crippen LogP contribution in [0.5, 0.6) is 0 Å². The van der Waals surface area contributed by atoms with Crippen LogP contribution < -0.4 is 5.32 Å². The maximum absolute atomic E-state index is 11.7. The highest BCUT2D eigenvalue weighted by molar-refractivity contribution is 7.99. The van der Waals surface area contributed by atoms with Crippen molar-refractivity contribution in [2.24, 2.45) is 0 Å². The van der Waals surface area contributed by atoms with E-state index in [1.807, 2.05) is 12.1 Å². The van der Waals surface area contributed by atoms with Crippen molar-refractivity contribution < 1.29 is 4.79 Å². The standard InChI is InChI=1S/C13H17N3OS2/c1-2-4-10-7-12(16-15-10)14-13(17)9-18-8-11-5-3-6-19-11/h3,5-7H,2,4,8-9H2,1H3,(H2,14,15,16,17). The highest BCUT2D eigenvalue weighted by atomic mass is 32.2. The van der Waals surface area contributed by atoms with Crippen LogP contribution in [0.3, 0.4) is 0 Å². The van der Waals surface area contributed by atoms with E-state index in [2.05, 4.69) is 33.9 Å². The first-order valence-electron chi connectivity index (χ1n) is 6.22. The zero-order chi connectivity index (χ0) is 13.5. The van der Waals surface area contributed by atoms with Gasteiger partial charge in [0, 0.05) is 22.4 Å². The van der Waals surface area contributed by atoms with Crippen LogP contribution in [0.15, 0.2) is 23.6 Å². The maximum Gasteiger partial charge on any atom is 0.235 e. The number of nitrogens with zero attached hydrogens (tertiary/aromatic N) is 1. The lowest BCUT2D eigenvalue weighted by atomic mass is 10.2. The molecule has 2 N–H and O–H groups in total. The second-order valence-electron chi connectivity index (χ2n) is 4.15. The van der Waals surface area contributed by atoms with Crippen molar-refractivity contribution in [2.45, 2.75) is 25.5 Å². The van der Waals surface area contributed by atoms with Crippen LogP contribution in [0.4, 0.5) is 5.82 Å². The first-order chi connectivity index (χ1) is 9.28. The topological polar surface area (TPSA) is 57.8 Å². The Bertz CT molecular complexity index is 508. The Hall–Kier alpha value is -1.27. The minimum absolute atomic E-state index is 0.00361. The lowest BCUT2D eigenvalue weighted by molar-refractivity contribution is -0.113. The fraction of sp³-hybridized carbons (Fsp3) is 0.385. The van der Waals surface area contributed by atoms with Gasteiger partial charge in [0.2, 0.25) is 5.91 Å². The van der Waals surface area contributed by atoms with Crippen molar-refractivity contribution in [2.75, 3.05) is 11.1 Å². The molecule has 4 nitrogen and oxygen atoms in total. The number of hydrogen-bond donors (Lipinski definition) is 2. The van der Waals surface area contributed by atoms with Gasteiger partial charge >= 0.3 is 0 Å². The van der Waals surface area contributed by atoms with Crippen LogP contribution in [0.2, 0.25) is 0 Å². The summed E-state index contributed by atoms with van der Waals surface area (Å²) in [5.41, 5.74) is 1.06. The van der Waals surface area contributed by atoms with E-state index >= 15 is 0 Å². The zero-order valence-electron chi connectivity index (χ0n) is 10.8. The lowest BCUT2D eigenvalue weighted by Crippen LogP contribution is -2.14. The summed E-state index contributed by atoms with van der Waals surface area (Å²) in [4.78, 5) is 13.0. The number of thioether (sulfide) groups is 1. The summed E-state index contributed by atoms with van der Waals surface area (Å²) in [7, 11) is 0. The van der Waals surface area contributed by atoms with E-state index < -0.39 is 0 Å². The summed E-state index contributed by atoms with van der Waals surface area (Å²) >= 11 is 3.33. The summed E-state index contributed by atoms with van der Waals surface area (Å²) in [5.74, 6) is 1.95. The number of aryl methyl sites for hydroxylation is 1. The summed E-state index contributed by atoms with van der Waals surface area (Å²) < 4.78 is 0. The molecular formula is C13H17N3OS2. The molecule has 102 valence electrons. The number of carbonyl (C=O) groups excluding carboxylic acids is 1. The van der Waals surface area contributed by atoms with Gasteiger partial charge in [-0.3, -0.25) is 9.89 Å². The van der Waals surface area contributed by atoms with Crippen LogP contribution in [-0.4, -0.2) is 21.9 Å². The van der Waals surface area contributed by atoms with Crippen molar-refractivity contribution in [1.82, 2.24) is 10.2 Å². The minimum atomic E-state index is -0.00361. The molecule has 19 heavy (non-hydrogen) atoms. The number of H-pyrrole nitrogens is 1. The van der Waals surface area contributed by atoms with Gasteiger partial charge in [0.25, 0.3) is 0 Å². The third kappa shape index (κ3) is 4.72. The van der Waals surface area contributed by atoms with E-state index in [9.17, 15) is 4.79 Å². The normalized spacial score (nSPS) is 10.6. The van der Waals surface area contributed by atoms with Gasteiger partial charge in [-0.2, -0.15) is 5.10 Å². The van der Waals surface area contributed by atoms with Gasteiger partial charge in [0.05, 0.1) is 5.75 Å². The molecule has 0 radical (unpaired) electrons. The van der Waals surface area contributed by atoms with Gasteiger partial charge in [0.1, 0.15) is 0 Å². The first kappa shape index (κ1) is 14.1.